The van der Waals surface area contributed by atoms with Crippen molar-refractivity contribution in [2.45, 2.75) is 182 Å². The molecule has 2 amide bonds. The maximum atomic E-state index is 13.2. The molecule has 18 atom stereocenters. The quantitative estimate of drug-likeness (QED) is 0.107. The molecule has 13 unspecified atom stereocenters. The molecule has 0 aromatic carbocycles. The summed E-state index contributed by atoms with van der Waals surface area (Å²) in [6.07, 6.45) is 3.88. The number of ether oxygens (including phenoxy) is 5. The number of urea groups is 1. The van der Waals surface area contributed by atoms with Crippen LogP contribution in [0.1, 0.15) is 78.1 Å². The molecule has 0 saturated carbocycles. The van der Waals surface area contributed by atoms with Crippen LogP contribution in [0, 0.1) is 5.92 Å². The largest absolute Gasteiger partial charge is 0.462 e. The fourth-order valence-electron chi connectivity index (χ4n) is 8.16. The number of aliphatic hydroxyl groups excluding tert-OH is 9. The van der Waals surface area contributed by atoms with E-state index >= 15 is 0 Å². The number of amides is 2. The molecular formula is C51H80N4O18. The van der Waals surface area contributed by atoms with Crippen molar-refractivity contribution < 1.29 is 89.1 Å². The van der Waals surface area contributed by atoms with Crippen molar-refractivity contribution in [2.75, 3.05) is 13.2 Å². The van der Waals surface area contributed by atoms with E-state index in [1.54, 1.807) is 85.9 Å². The van der Waals surface area contributed by atoms with Gasteiger partial charge in [-0.25, -0.2) is 4.79 Å². The van der Waals surface area contributed by atoms with Gasteiger partial charge >= 0.3 is 18.0 Å². The minimum absolute atomic E-state index is 0.0295. The molecule has 0 spiro atoms. The number of nitrogens with one attached hydrogen (secondary N) is 2. The summed E-state index contributed by atoms with van der Waals surface area (Å²) < 4.78 is 28.2. The fourth-order valence-corrected chi connectivity index (χ4v) is 8.16. The number of esters is 2. The lowest BCUT2D eigenvalue weighted by molar-refractivity contribution is -0.303. The third-order valence-corrected chi connectivity index (χ3v) is 12.2. The fraction of sp³-hybridized carbons (Fsp3) is 0.627. The molecule has 16 N–H and O–H groups in total. The molecule has 2 fully saturated rings. The molecule has 22 nitrogen and oxygen atoms in total. The topological polar surface area (TPSA) is 376 Å². The molecule has 412 valence electrons. The zero-order chi connectivity index (χ0) is 54.1. The van der Waals surface area contributed by atoms with Gasteiger partial charge in [-0.15, -0.1) is 0 Å². The van der Waals surface area contributed by atoms with Crippen LogP contribution in [-0.4, -0.2) is 186 Å². The Morgan fingerprint density at radius 1 is 0.753 bits per heavy atom. The first-order valence-corrected chi connectivity index (χ1v) is 24.6. The molecule has 3 aliphatic rings. The van der Waals surface area contributed by atoms with Gasteiger partial charge in [-0.1, -0.05) is 105 Å². The highest BCUT2D eigenvalue weighted by atomic mass is 16.7. The van der Waals surface area contributed by atoms with E-state index in [9.17, 15) is 65.4 Å². The van der Waals surface area contributed by atoms with E-state index in [2.05, 4.69) is 17.2 Å². The number of aliphatic hydroxyl groups is 10. The molecule has 0 aromatic heterocycles. The second kappa shape index (κ2) is 32.8. The Morgan fingerprint density at radius 3 is 2.00 bits per heavy atom. The van der Waals surface area contributed by atoms with E-state index < -0.39 is 147 Å². The van der Waals surface area contributed by atoms with Crippen LogP contribution in [0.15, 0.2) is 97.7 Å². The van der Waals surface area contributed by atoms with Gasteiger partial charge in [0, 0.05) is 44.6 Å². The molecule has 3 rings (SSSR count). The van der Waals surface area contributed by atoms with Crippen molar-refractivity contribution >= 4 is 18.0 Å². The third kappa shape index (κ3) is 23.7. The van der Waals surface area contributed by atoms with Gasteiger partial charge in [0.2, 0.25) is 0 Å². The van der Waals surface area contributed by atoms with Gasteiger partial charge in [-0.2, -0.15) is 0 Å². The van der Waals surface area contributed by atoms with Crippen molar-refractivity contribution in [3.05, 3.63) is 97.7 Å². The Balaban J connectivity index is 1.92. The van der Waals surface area contributed by atoms with Crippen molar-refractivity contribution in [3.8, 4) is 0 Å². The predicted molar refractivity (Wildman–Crippen MR) is 266 cm³/mol. The Hall–Kier alpha value is -4.47. The monoisotopic (exact) mass is 1040 g/mol. The second-order valence-corrected chi connectivity index (χ2v) is 18.7. The number of fused-ring (bicyclic) bond motifs is 2. The van der Waals surface area contributed by atoms with E-state index in [0.717, 1.165) is 0 Å². The first kappa shape index (κ1) is 62.8. The Bertz CT molecular complexity index is 1900. The highest BCUT2D eigenvalue weighted by Gasteiger charge is 2.49. The summed E-state index contributed by atoms with van der Waals surface area (Å²) >= 11 is 0. The SMILES string of the molecule is C=CCOC(=O)CCNC(=O)NC1[C@@H]2CC(O[C@H]3OC(N)C(O)C(N)C3O)/C=C/C=C/C=C/C=C/C=C/C=C/C=C/[C@H](C)C(O)C[C@H](C)OC(=O)CC(O)CC(O)CCC(O)C(O)CC(O)CC(O)(C[C@@H]1O)O2. The summed E-state index contributed by atoms with van der Waals surface area (Å²) in [5.74, 6) is -3.96. The van der Waals surface area contributed by atoms with Crippen LogP contribution in [0.2, 0.25) is 0 Å². The van der Waals surface area contributed by atoms with Crippen molar-refractivity contribution in [1.29, 1.82) is 0 Å². The van der Waals surface area contributed by atoms with E-state index in [-0.39, 0.29) is 57.6 Å². The molecule has 2 saturated heterocycles. The lowest BCUT2D eigenvalue weighted by Gasteiger charge is -2.46. The smallest absolute Gasteiger partial charge is 0.315 e. The number of cyclic esters (lactones) is 1. The second-order valence-electron chi connectivity index (χ2n) is 18.7. The van der Waals surface area contributed by atoms with Crippen molar-refractivity contribution in [3.63, 3.8) is 0 Å². The molecule has 0 radical (unpaired) electrons. The molecule has 22 heteroatoms. The Labute approximate surface area is 426 Å². The maximum Gasteiger partial charge on any atom is 0.315 e. The first-order chi connectivity index (χ1) is 34.6. The number of hydrogen-bond donors (Lipinski definition) is 14. The van der Waals surface area contributed by atoms with Gasteiger partial charge in [0.25, 0.3) is 0 Å². The number of nitrogens with two attached hydrogens (primary N) is 2. The average molecular weight is 1040 g/mol. The predicted octanol–water partition coefficient (Wildman–Crippen LogP) is -0.552. The zero-order valence-corrected chi connectivity index (χ0v) is 41.6. The number of carbonyl (C=O) groups excluding carboxylic acids is 3. The summed E-state index contributed by atoms with van der Waals surface area (Å²) in [4.78, 5) is 37.7. The van der Waals surface area contributed by atoms with Gasteiger partial charge in [0.1, 0.15) is 31.1 Å². The summed E-state index contributed by atoms with van der Waals surface area (Å²) in [5, 5.41) is 114. The van der Waals surface area contributed by atoms with Crippen LogP contribution < -0.4 is 22.1 Å². The summed E-state index contributed by atoms with van der Waals surface area (Å²) in [6.45, 7) is 6.71. The Kier molecular flexibility index (Phi) is 28.2. The van der Waals surface area contributed by atoms with E-state index in [4.69, 9.17) is 35.2 Å². The molecule has 2 bridgehead atoms. The molecule has 0 aliphatic carbocycles. The van der Waals surface area contributed by atoms with Crippen LogP contribution in [0.4, 0.5) is 4.79 Å². The average Bonchev–Trinajstić information content (AvgIpc) is 3.31. The van der Waals surface area contributed by atoms with Crippen LogP contribution >= 0.6 is 0 Å². The lowest BCUT2D eigenvalue weighted by Crippen LogP contribution is -2.65. The highest BCUT2D eigenvalue weighted by Crippen LogP contribution is 2.35. The summed E-state index contributed by atoms with van der Waals surface area (Å²) in [6, 6.07) is -3.42. The minimum Gasteiger partial charge on any atom is -0.462 e. The Morgan fingerprint density at radius 2 is 1.37 bits per heavy atom. The van der Waals surface area contributed by atoms with Gasteiger partial charge in [0.05, 0.1) is 79.9 Å². The molecule has 3 heterocycles. The highest BCUT2D eigenvalue weighted by molar-refractivity contribution is 5.76. The summed E-state index contributed by atoms with van der Waals surface area (Å²) in [5.41, 5.74) is 12.0. The van der Waals surface area contributed by atoms with E-state index in [1.165, 1.54) is 12.2 Å². The number of allylic oxidation sites excluding steroid dienone is 12. The van der Waals surface area contributed by atoms with Crippen molar-refractivity contribution in [1.82, 2.24) is 10.6 Å². The van der Waals surface area contributed by atoms with Crippen LogP contribution in [-0.2, 0) is 33.3 Å². The molecule has 0 aromatic rings. The molecule has 73 heavy (non-hydrogen) atoms. The number of carbonyl (C=O) groups is 3. The van der Waals surface area contributed by atoms with Gasteiger partial charge in [0.15, 0.2) is 12.1 Å². The normalized spacial score (nSPS) is 40.5. The minimum atomic E-state index is -2.33. The van der Waals surface area contributed by atoms with Gasteiger partial charge < -0.3 is 96.9 Å². The van der Waals surface area contributed by atoms with Gasteiger partial charge in [-0.3, -0.25) is 9.59 Å². The van der Waals surface area contributed by atoms with Crippen LogP contribution in [0.5, 0.6) is 0 Å². The maximum absolute atomic E-state index is 13.2. The van der Waals surface area contributed by atoms with Crippen molar-refractivity contribution in [2.24, 2.45) is 17.4 Å². The number of hydrogen-bond acceptors (Lipinski definition) is 20. The first-order valence-electron chi connectivity index (χ1n) is 24.6. The van der Waals surface area contributed by atoms with Crippen LogP contribution in [0.3, 0.4) is 0 Å². The van der Waals surface area contributed by atoms with Crippen LogP contribution in [0.25, 0.3) is 0 Å². The lowest BCUT2D eigenvalue weighted by atomic mass is 9.87. The summed E-state index contributed by atoms with van der Waals surface area (Å²) in [7, 11) is 0. The number of rotatable bonds is 8. The zero-order valence-electron chi connectivity index (χ0n) is 41.6. The molecular weight excluding hydrogens is 957 g/mol. The third-order valence-electron chi connectivity index (χ3n) is 12.2. The van der Waals surface area contributed by atoms with E-state index in [1.807, 2.05) is 6.92 Å². The van der Waals surface area contributed by atoms with Gasteiger partial charge in [-0.05, 0) is 26.2 Å². The molecule has 3 aliphatic heterocycles. The standard InChI is InChI=1S/C51H80N4O18/c1-4-23-69-42(63)21-22-54-50(67)55-45-40(62)30-51(68)29-35(58)26-39(61)37(59)20-19-33(56)25-34(57)27-43(64)70-32(3)24-38(60)31(2)17-15-13-11-9-7-5-6-8-10-12-14-16-18-36(28-41(45)73-51)71-49-47(66)44(52)46(65)48(53)72-49/h4-18,31-41,44-49,56-62,65-66,68H,1,19-30,52-53H2,2-3H3,(H2,54,55,67)/b6-5+,9-7+,10-8+,13-11+,14-12+,17-15+,18-16+/t31-,32-,33?,34?,35?,36?,37?,38?,39?,40-,41-,44?,45?,46?,47?,48?,49-,51?/m0/s1. The van der Waals surface area contributed by atoms with E-state index in [0.29, 0.717) is 0 Å².